The number of nitrogens with zero attached hydrogens (tertiary/aromatic N) is 1. The van der Waals surface area contributed by atoms with E-state index in [1.165, 1.54) is 0 Å². The molecule has 0 aromatic heterocycles. The monoisotopic (exact) mass is 442 g/mol. The van der Waals surface area contributed by atoms with Crippen molar-refractivity contribution in [3.63, 3.8) is 0 Å². The maximum absolute atomic E-state index is 12.1. The molecule has 2 fully saturated rings. The van der Waals surface area contributed by atoms with Gasteiger partial charge >= 0.3 is 18.1 Å². The summed E-state index contributed by atoms with van der Waals surface area (Å²) in [5.41, 5.74) is 1.03. The fraction of sp³-hybridized carbons (Fsp3) is 0.500. The topological polar surface area (TPSA) is 102 Å². The van der Waals surface area contributed by atoms with Gasteiger partial charge in [0.05, 0.1) is 6.54 Å². The molecule has 1 aromatic carbocycles. The van der Waals surface area contributed by atoms with Gasteiger partial charge in [-0.2, -0.15) is 13.2 Å². The second kappa shape index (κ2) is 9.46. The van der Waals surface area contributed by atoms with E-state index in [1.54, 1.807) is 17.0 Å². The van der Waals surface area contributed by atoms with Crippen molar-refractivity contribution < 1.29 is 41.8 Å². The summed E-state index contributed by atoms with van der Waals surface area (Å²) in [4.78, 5) is 46.8. The lowest BCUT2D eigenvalue weighted by Crippen LogP contribution is -2.46. The number of amides is 2. The van der Waals surface area contributed by atoms with Gasteiger partial charge in [0.2, 0.25) is 5.91 Å². The molecule has 2 amide bonds. The SMILES string of the molecule is O=C1CC[C@H](Oc2ccc(C3CCN(CC(=O)OC(=O)C(F)(F)F)CC3)cc2)C(=O)N1. The predicted octanol–water partition coefficient (Wildman–Crippen LogP) is 1.68. The minimum atomic E-state index is -5.20. The number of piperidine rings is 2. The smallest absolute Gasteiger partial charge is 0.481 e. The Morgan fingerprint density at radius 2 is 1.71 bits per heavy atom. The van der Waals surface area contributed by atoms with E-state index in [0.29, 0.717) is 38.1 Å². The van der Waals surface area contributed by atoms with Crippen molar-refractivity contribution in [3.8, 4) is 5.75 Å². The molecule has 0 spiro atoms. The highest BCUT2D eigenvalue weighted by Gasteiger charge is 2.42. The summed E-state index contributed by atoms with van der Waals surface area (Å²) < 4.78 is 45.9. The van der Waals surface area contributed by atoms with Crippen LogP contribution in [0, 0.1) is 0 Å². The highest BCUT2D eigenvalue weighted by Crippen LogP contribution is 2.29. The molecular formula is C20H21F3N2O6. The van der Waals surface area contributed by atoms with Gasteiger partial charge in [0, 0.05) is 12.8 Å². The van der Waals surface area contributed by atoms with Gasteiger partial charge in [-0.1, -0.05) is 12.1 Å². The lowest BCUT2D eigenvalue weighted by Gasteiger charge is -2.31. The molecule has 0 saturated carbocycles. The summed E-state index contributed by atoms with van der Waals surface area (Å²) in [6.07, 6.45) is -4.01. The van der Waals surface area contributed by atoms with E-state index < -0.39 is 30.1 Å². The molecule has 0 aliphatic carbocycles. The summed E-state index contributed by atoms with van der Waals surface area (Å²) in [6.45, 7) is 0.552. The number of esters is 2. The Kier molecular flexibility index (Phi) is 6.94. The van der Waals surface area contributed by atoms with Gasteiger partial charge in [0.1, 0.15) is 5.75 Å². The largest absolute Gasteiger partial charge is 0.491 e. The Morgan fingerprint density at radius 3 is 2.29 bits per heavy atom. The third kappa shape index (κ3) is 6.27. The molecule has 11 heteroatoms. The molecule has 1 atom stereocenters. The number of rotatable bonds is 5. The number of ether oxygens (including phenoxy) is 2. The van der Waals surface area contributed by atoms with E-state index in [4.69, 9.17) is 4.74 Å². The van der Waals surface area contributed by atoms with Crippen LogP contribution in [0.15, 0.2) is 24.3 Å². The van der Waals surface area contributed by atoms with Crippen molar-refractivity contribution in [2.75, 3.05) is 19.6 Å². The predicted molar refractivity (Wildman–Crippen MR) is 98.8 cm³/mol. The number of carbonyl (C=O) groups is 4. The van der Waals surface area contributed by atoms with E-state index >= 15 is 0 Å². The molecule has 0 radical (unpaired) electrons. The van der Waals surface area contributed by atoms with Crippen LogP contribution in [0.3, 0.4) is 0 Å². The fourth-order valence-electron chi connectivity index (χ4n) is 3.57. The number of hydrogen-bond acceptors (Lipinski definition) is 7. The van der Waals surface area contributed by atoms with Crippen LogP contribution >= 0.6 is 0 Å². The number of alkyl halides is 3. The molecule has 3 rings (SSSR count). The molecule has 2 saturated heterocycles. The van der Waals surface area contributed by atoms with Crippen molar-refractivity contribution in [3.05, 3.63) is 29.8 Å². The van der Waals surface area contributed by atoms with E-state index in [0.717, 1.165) is 5.56 Å². The first kappa shape index (κ1) is 22.7. The van der Waals surface area contributed by atoms with Crippen molar-refractivity contribution in [2.45, 2.75) is 43.9 Å². The third-order valence-electron chi connectivity index (χ3n) is 5.20. The van der Waals surface area contributed by atoms with Crippen molar-refractivity contribution >= 4 is 23.8 Å². The Balaban J connectivity index is 1.45. The van der Waals surface area contributed by atoms with Crippen LogP contribution in [0.1, 0.15) is 37.2 Å². The third-order valence-corrected chi connectivity index (χ3v) is 5.20. The molecule has 2 aliphatic rings. The second-order valence-corrected chi connectivity index (χ2v) is 7.44. The minimum absolute atomic E-state index is 0.189. The van der Waals surface area contributed by atoms with Crippen LogP contribution in [-0.4, -0.2) is 60.6 Å². The average Bonchev–Trinajstić information content (AvgIpc) is 2.70. The molecule has 1 aromatic rings. The highest BCUT2D eigenvalue weighted by atomic mass is 19.4. The Morgan fingerprint density at radius 1 is 1.06 bits per heavy atom. The molecule has 2 aliphatic heterocycles. The number of likely N-dealkylation sites (tertiary alicyclic amines) is 1. The van der Waals surface area contributed by atoms with Crippen LogP contribution in [0.5, 0.6) is 5.75 Å². The Hall–Kier alpha value is -2.95. The number of imide groups is 1. The van der Waals surface area contributed by atoms with Gasteiger partial charge < -0.3 is 9.47 Å². The summed E-state index contributed by atoms with van der Waals surface area (Å²) >= 11 is 0. The van der Waals surface area contributed by atoms with Gasteiger partial charge in [-0.15, -0.1) is 0 Å². The minimum Gasteiger partial charge on any atom is -0.481 e. The number of halogens is 3. The molecule has 1 N–H and O–H groups in total. The summed E-state index contributed by atoms with van der Waals surface area (Å²) in [5, 5.41) is 2.23. The van der Waals surface area contributed by atoms with Crippen molar-refractivity contribution in [2.24, 2.45) is 0 Å². The Labute approximate surface area is 175 Å². The zero-order valence-electron chi connectivity index (χ0n) is 16.4. The quantitative estimate of drug-likeness (QED) is 0.421. The molecule has 0 unspecified atom stereocenters. The van der Waals surface area contributed by atoms with E-state index in [2.05, 4.69) is 10.1 Å². The average molecular weight is 442 g/mol. The lowest BCUT2D eigenvalue weighted by molar-refractivity contribution is -0.202. The first-order chi connectivity index (χ1) is 14.6. The van der Waals surface area contributed by atoms with Crippen molar-refractivity contribution in [1.82, 2.24) is 10.2 Å². The van der Waals surface area contributed by atoms with Crippen molar-refractivity contribution in [1.29, 1.82) is 0 Å². The Bertz CT molecular complexity index is 847. The molecule has 31 heavy (non-hydrogen) atoms. The maximum Gasteiger partial charge on any atom is 0.491 e. The van der Waals surface area contributed by atoms with Gasteiger partial charge in [-0.05, 0) is 49.5 Å². The molecule has 8 nitrogen and oxygen atoms in total. The van der Waals surface area contributed by atoms with E-state index in [-0.39, 0.29) is 24.8 Å². The highest BCUT2D eigenvalue weighted by molar-refractivity contribution is 5.99. The number of hydrogen-bond donors (Lipinski definition) is 1. The first-order valence-electron chi connectivity index (χ1n) is 9.76. The zero-order valence-corrected chi connectivity index (χ0v) is 16.4. The summed E-state index contributed by atoms with van der Waals surface area (Å²) in [6, 6.07) is 7.23. The number of carbonyl (C=O) groups excluding carboxylic acids is 4. The fourth-order valence-corrected chi connectivity index (χ4v) is 3.57. The van der Waals surface area contributed by atoms with Crippen LogP contribution in [0.2, 0.25) is 0 Å². The second-order valence-electron chi connectivity index (χ2n) is 7.44. The van der Waals surface area contributed by atoms with E-state index in [9.17, 15) is 32.3 Å². The molecule has 168 valence electrons. The van der Waals surface area contributed by atoms with E-state index in [1.807, 2.05) is 12.1 Å². The van der Waals surface area contributed by atoms with Crippen LogP contribution in [0.4, 0.5) is 13.2 Å². The lowest BCUT2D eigenvalue weighted by atomic mass is 9.89. The standard InChI is InChI=1S/C20H21F3N2O6/c21-20(22,23)19(29)31-17(27)11-25-9-7-13(8-10-25)12-1-3-14(4-2-12)30-15-5-6-16(26)24-18(15)28/h1-4,13,15H,5-11H2,(H,24,26,28)/t15-/m0/s1. The molecular weight excluding hydrogens is 421 g/mol. The molecule has 2 heterocycles. The summed E-state index contributed by atoms with van der Waals surface area (Å²) in [7, 11) is 0. The van der Waals surface area contributed by atoms with Gasteiger partial charge in [0.15, 0.2) is 6.10 Å². The number of nitrogens with one attached hydrogen (secondary N) is 1. The molecule has 0 bridgehead atoms. The van der Waals surface area contributed by atoms with Gasteiger partial charge in [-0.25, -0.2) is 4.79 Å². The first-order valence-corrected chi connectivity index (χ1v) is 9.76. The van der Waals surface area contributed by atoms with Crippen LogP contribution < -0.4 is 10.1 Å². The zero-order chi connectivity index (χ0) is 22.6. The van der Waals surface area contributed by atoms with Crippen LogP contribution in [-0.2, 0) is 23.9 Å². The normalized spacial score (nSPS) is 20.8. The van der Waals surface area contributed by atoms with Crippen LogP contribution in [0.25, 0.3) is 0 Å². The van der Waals surface area contributed by atoms with Gasteiger partial charge in [-0.3, -0.25) is 24.6 Å². The maximum atomic E-state index is 12.1. The summed E-state index contributed by atoms with van der Waals surface area (Å²) in [5.74, 6) is -3.81. The number of benzene rings is 1. The van der Waals surface area contributed by atoms with Gasteiger partial charge in [0.25, 0.3) is 5.91 Å².